The first-order valence-electron chi connectivity index (χ1n) is 9.33. The van der Waals surface area contributed by atoms with Crippen LogP contribution in [0.4, 0.5) is 8.78 Å². The van der Waals surface area contributed by atoms with Gasteiger partial charge in [-0.25, -0.2) is 8.78 Å². The Morgan fingerprint density at radius 3 is 2.17 bits per heavy atom. The highest BCUT2D eigenvalue weighted by Crippen LogP contribution is 2.34. The number of ether oxygens (including phenoxy) is 4. The van der Waals surface area contributed by atoms with Crippen LogP contribution in [0.5, 0.6) is 17.2 Å². The van der Waals surface area contributed by atoms with E-state index in [2.05, 4.69) is 4.90 Å². The number of hydrogen-bond donors (Lipinski definition) is 1. The summed E-state index contributed by atoms with van der Waals surface area (Å²) >= 11 is 0. The largest absolute Gasteiger partial charge is 0.497 e. The zero-order valence-electron chi connectivity index (χ0n) is 16.5. The Morgan fingerprint density at radius 2 is 1.55 bits per heavy atom. The minimum Gasteiger partial charge on any atom is -0.497 e. The normalized spacial score (nSPS) is 15.8. The van der Waals surface area contributed by atoms with Gasteiger partial charge in [-0.3, -0.25) is 4.90 Å². The molecule has 2 aromatic carbocycles. The smallest absolute Gasteiger partial charge is 0.137 e. The maximum atomic E-state index is 14.5. The van der Waals surface area contributed by atoms with E-state index in [0.717, 1.165) is 25.2 Å². The van der Waals surface area contributed by atoms with Crippen molar-refractivity contribution >= 4 is 0 Å². The molecule has 1 saturated heterocycles. The quantitative estimate of drug-likeness (QED) is 0.724. The molecule has 0 amide bonds. The van der Waals surface area contributed by atoms with Crippen molar-refractivity contribution in [2.45, 2.75) is 6.10 Å². The van der Waals surface area contributed by atoms with Crippen LogP contribution in [0.3, 0.4) is 0 Å². The fourth-order valence-corrected chi connectivity index (χ4v) is 3.19. The van der Waals surface area contributed by atoms with E-state index in [0.29, 0.717) is 31.3 Å². The molecule has 0 aromatic heterocycles. The number of aliphatic hydroxyl groups excluding tert-OH is 1. The molecule has 0 aliphatic carbocycles. The monoisotopic (exact) mass is 409 g/mol. The maximum Gasteiger partial charge on any atom is 0.137 e. The molecular formula is C21H25F2NO5. The number of halogens is 2. The molecule has 1 fully saturated rings. The summed E-state index contributed by atoms with van der Waals surface area (Å²) in [6.07, 6.45) is -0.711. The number of rotatable bonds is 8. The molecule has 1 aliphatic heterocycles. The van der Waals surface area contributed by atoms with Gasteiger partial charge in [0.1, 0.15) is 41.6 Å². The molecular weight excluding hydrogens is 384 g/mol. The highest BCUT2D eigenvalue weighted by Gasteiger charge is 2.18. The van der Waals surface area contributed by atoms with Crippen LogP contribution in [0.2, 0.25) is 0 Å². The summed E-state index contributed by atoms with van der Waals surface area (Å²) in [7, 11) is 2.80. The van der Waals surface area contributed by atoms with Crippen LogP contribution < -0.4 is 14.2 Å². The summed E-state index contributed by atoms with van der Waals surface area (Å²) in [4.78, 5) is 2.09. The van der Waals surface area contributed by atoms with Gasteiger partial charge in [-0.05, 0) is 17.7 Å². The van der Waals surface area contributed by atoms with Crippen molar-refractivity contribution in [2.24, 2.45) is 0 Å². The summed E-state index contributed by atoms with van der Waals surface area (Å²) in [6.45, 7) is 3.31. The molecule has 2 aromatic rings. The summed E-state index contributed by atoms with van der Waals surface area (Å²) < 4.78 is 50.0. The van der Waals surface area contributed by atoms with Gasteiger partial charge in [-0.1, -0.05) is 0 Å². The lowest BCUT2D eigenvalue weighted by molar-refractivity contribution is 0.00464. The second-order valence-corrected chi connectivity index (χ2v) is 6.74. The van der Waals surface area contributed by atoms with Crippen molar-refractivity contribution < 1.29 is 32.8 Å². The number of morpholine rings is 1. The summed E-state index contributed by atoms with van der Waals surface area (Å²) in [5, 5.41) is 10.2. The van der Waals surface area contributed by atoms with Gasteiger partial charge in [0.05, 0.1) is 33.0 Å². The zero-order valence-corrected chi connectivity index (χ0v) is 16.5. The van der Waals surface area contributed by atoms with Gasteiger partial charge in [-0.2, -0.15) is 0 Å². The number of hydrogen-bond acceptors (Lipinski definition) is 6. The number of benzene rings is 2. The third-order valence-electron chi connectivity index (χ3n) is 4.67. The Hall–Kier alpha value is -2.42. The van der Waals surface area contributed by atoms with Crippen LogP contribution in [0.15, 0.2) is 30.3 Å². The molecule has 1 aliphatic rings. The van der Waals surface area contributed by atoms with Gasteiger partial charge in [-0.15, -0.1) is 0 Å². The Labute approximate surface area is 168 Å². The van der Waals surface area contributed by atoms with E-state index >= 15 is 0 Å². The molecule has 158 valence electrons. The van der Waals surface area contributed by atoms with Crippen LogP contribution in [0.25, 0.3) is 11.1 Å². The average molecular weight is 409 g/mol. The van der Waals surface area contributed by atoms with E-state index in [1.54, 1.807) is 6.07 Å². The fourth-order valence-electron chi connectivity index (χ4n) is 3.19. The lowest BCUT2D eigenvalue weighted by Gasteiger charge is -2.28. The van der Waals surface area contributed by atoms with Gasteiger partial charge in [0.2, 0.25) is 0 Å². The van der Waals surface area contributed by atoms with Crippen molar-refractivity contribution in [1.29, 1.82) is 0 Å². The molecule has 3 rings (SSSR count). The van der Waals surface area contributed by atoms with Crippen molar-refractivity contribution in [3.8, 4) is 28.4 Å². The first kappa shape index (κ1) is 21.3. The number of nitrogens with zero attached hydrogens (tertiary/aromatic N) is 1. The Kier molecular flexibility index (Phi) is 7.24. The maximum absolute atomic E-state index is 14.5. The molecule has 0 radical (unpaired) electrons. The molecule has 6 nitrogen and oxygen atoms in total. The third kappa shape index (κ3) is 5.56. The minimum atomic E-state index is -0.756. The number of β-amino-alcohol motifs (C(OH)–C–C–N with tert-alkyl or cyclic N) is 1. The topological polar surface area (TPSA) is 60.4 Å². The third-order valence-corrected chi connectivity index (χ3v) is 4.67. The molecule has 0 saturated carbocycles. The van der Waals surface area contributed by atoms with E-state index < -0.39 is 17.7 Å². The second-order valence-electron chi connectivity index (χ2n) is 6.74. The van der Waals surface area contributed by atoms with Gasteiger partial charge in [0, 0.05) is 37.8 Å². The molecule has 0 spiro atoms. The number of aliphatic hydroxyl groups is 1. The van der Waals surface area contributed by atoms with Gasteiger partial charge >= 0.3 is 0 Å². The standard InChI is InChI=1S/C21H25F2NO5/c1-26-16-7-14(21-19(22)10-17(27-2)11-20(21)23)8-18(9-16)29-13-15(25)12-24-3-5-28-6-4-24/h7-11,15,25H,3-6,12-13H2,1-2H3. The highest BCUT2D eigenvalue weighted by molar-refractivity contribution is 5.69. The summed E-state index contributed by atoms with van der Waals surface area (Å²) in [5.74, 6) is -0.694. The first-order valence-corrected chi connectivity index (χ1v) is 9.33. The van der Waals surface area contributed by atoms with E-state index in [9.17, 15) is 13.9 Å². The molecule has 1 atom stereocenters. The first-order chi connectivity index (χ1) is 14.0. The summed E-state index contributed by atoms with van der Waals surface area (Å²) in [5.41, 5.74) is 0.0584. The van der Waals surface area contributed by atoms with Crippen LogP contribution in [0, 0.1) is 11.6 Å². The predicted octanol–water partition coefficient (Wildman–Crippen LogP) is 2.72. The second kappa shape index (κ2) is 9.87. The fraction of sp³-hybridized carbons (Fsp3) is 0.429. The summed E-state index contributed by atoms with van der Waals surface area (Å²) in [6, 6.07) is 6.86. The van der Waals surface area contributed by atoms with E-state index in [1.807, 2.05) is 0 Å². The zero-order chi connectivity index (χ0) is 20.8. The van der Waals surface area contributed by atoms with Crippen molar-refractivity contribution in [3.63, 3.8) is 0 Å². The highest BCUT2D eigenvalue weighted by atomic mass is 19.1. The Morgan fingerprint density at radius 1 is 0.966 bits per heavy atom. The van der Waals surface area contributed by atoms with Gasteiger partial charge in [0.15, 0.2) is 0 Å². The van der Waals surface area contributed by atoms with Crippen LogP contribution in [-0.4, -0.2) is 69.8 Å². The van der Waals surface area contributed by atoms with Crippen LogP contribution in [0.1, 0.15) is 0 Å². The number of methoxy groups -OCH3 is 2. The average Bonchev–Trinajstić information content (AvgIpc) is 2.72. The SMILES string of the molecule is COc1cc(OCC(O)CN2CCOCC2)cc(-c2c(F)cc(OC)cc2F)c1. The van der Waals surface area contributed by atoms with Gasteiger partial charge < -0.3 is 24.1 Å². The van der Waals surface area contributed by atoms with Crippen LogP contribution in [-0.2, 0) is 4.74 Å². The Bertz CT molecular complexity index is 804. The van der Waals surface area contributed by atoms with E-state index in [1.165, 1.54) is 26.4 Å². The molecule has 0 bridgehead atoms. The van der Waals surface area contributed by atoms with Crippen molar-refractivity contribution in [2.75, 3.05) is 53.7 Å². The van der Waals surface area contributed by atoms with E-state index in [4.69, 9.17) is 18.9 Å². The minimum absolute atomic E-state index is 0.0392. The predicted molar refractivity (Wildman–Crippen MR) is 104 cm³/mol. The Balaban J connectivity index is 1.75. The lowest BCUT2D eigenvalue weighted by atomic mass is 10.0. The lowest BCUT2D eigenvalue weighted by Crippen LogP contribution is -2.42. The molecule has 1 N–H and O–H groups in total. The van der Waals surface area contributed by atoms with Crippen LogP contribution >= 0.6 is 0 Å². The van der Waals surface area contributed by atoms with E-state index in [-0.39, 0.29) is 23.5 Å². The molecule has 29 heavy (non-hydrogen) atoms. The van der Waals surface area contributed by atoms with Crippen molar-refractivity contribution in [1.82, 2.24) is 4.90 Å². The molecule has 1 heterocycles. The van der Waals surface area contributed by atoms with Crippen molar-refractivity contribution in [3.05, 3.63) is 42.0 Å². The molecule has 1 unspecified atom stereocenters. The molecule has 8 heteroatoms. The van der Waals surface area contributed by atoms with Gasteiger partial charge in [0.25, 0.3) is 0 Å².